The molecular weight excluding hydrogens is 100 g/mol. The summed E-state index contributed by atoms with van der Waals surface area (Å²) in [7, 11) is 0. The SMILES string of the molecule is C#CCC(O)C(C)C. The van der Waals surface area contributed by atoms with Crippen LogP contribution in [0.4, 0.5) is 0 Å². The minimum absolute atomic E-state index is 0.283. The monoisotopic (exact) mass is 112 g/mol. The molecule has 1 atom stereocenters. The van der Waals surface area contributed by atoms with Crippen LogP contribution in [0.2, 0.25) is 0 Å². The predicted molar refractivity (Wildman–Crippen MR) is 34.3 cm³/mol. The molecule has 0 aliphatic heterocycles. The van der Waals surface area contributed by atoms with Crippen LogP contribution in [0.5, 0.6) is 0 Å². The third kappa shape index (κ3) is 2.65. The maximum atomic E-state index is 8.98. The van der Waals surface area contributed by atoms with Crippen LogP contribution < -0.4 is 0 Å². The predicted octanol–water partition coefficient (Wildman–Crippen LogP) is 1.03. The highest BCUT2D eigenvalue weighted by molar-refractivity contribution is 4.87. The largest absolute Gasteiger partial charge is 0.392 e. The maximum absolute atomic E-state index is 8.98. The Morgan fingerprint density at radius 1 is 1.62 bits per heavy atom. The van der Waals surface area contributed by atoms with Gasteiger partial charge in [0.05, 0.1) is 6.10 Å². The summed E-state index contributed by atoms with van der Waals surface area (Å²) in [5.41, 5.74) is 0. The Bertz CT molecular complexity index is 89.1. The van der Waals surface area contributed by atoms with E-state index in [2.05, 4.69) is 5.92 Å². The van der Waals surface area contributed by atoms with Gasteiger partial charge in [-0.25, -0.2) is 0 Å². The number of hydrogen-bond donors (Lipinski definition) is 1. The first-order chi connectivity index (χ1) is 3.68. The zero-order valence-corrected chi connectivity index (χ0v) is 5.39. The van der Waals surface area contributed by atoms with Crippen molar-refractivity contribution in [1.29, 1.82) is 0 Å². The van der Waals surface area contributed by atoms with Crippen molar-refractivity contribution in [2.75, 3.05) is 0 Å². The Morgan fingerprint density at radius 3 is 2.25 bits per heavy atom. The summed E-state index contributed by atoms with van der Waals surface area (Å²) in [6.45, 7) is 3.89. The van der Waals surface area contributed by atoms with E-state index in [1.54, 1.807) is 0 Å². The van der Waals surface area contributed by atoms with Crippen LogP contribution in [0.1, 0.15) is 20.3 Å². The first kappa shape index (κ1) is 7.52. The second-order valence-corrected chi connectivity index (χ2v) is 2.22. The van der Waals surface area contributed by atoms with E-state index in [1.165, 1.54) is 0 Å². The van der Waals surface area contributed by atoms with Crippen molar-refractivity contribution in [2.45, 2.75) is 26.4 Å². The van der Waals surface area contributed by atoms with E-state index in [1.807, 2.05) is 13.8 Å². The van der Waals surface area contributed by atoms with Gasteiger partial charge in [-0.2, -0.15) is 0 Å². The molecule has 0 rings (SSSR count). The van der Waals surface area contributed by atoms with Crippen LogP contribution in [-0.2, 0) is 0 Å². The molecule has 0 amide bonds. The Morgan fingerprint density at radius 2 is 2.12 bits per heavy atom. The first-order valence-electron chi connectivity index (χ1n) is 2.80. The molecule has 0 aromatic rings. The summed E-state index contributed by atoms with van der Waals surface area (Å²) in [4.78, 5) is 0. The quantitative estimate of drug-likeness (QED) is 0.529. The van der Waals surface area contributed by atoms with Gasteiger partial charge >= 0.3 is 0 Å². The summed E-state index contributed by atoms with van der Waals surface area (Å²) in [5, 5.41) is 8.98. The van der Waals surface area contributed by atoms with Gasteiger partial charge in [-0.05, 0) is 5.92 Å². The number of hydrogen-bond acceptors (Lipinski definition) is 1. The van der Waals surface area contributed by atoms with Crippen LogP contribution in [0.15, 0.2) is 0 Å². The van der Waals surface area contributed by atoms with E-state index in [9.17, 15) is 0 Å². The van der Waals surface area contributed by atoms with Crippen molar-refractivity contribution in [3.05, 3.63) is 0 Å². The molecule has 0 aliphatic rings. The van der Waals surface area contributed by atoms with Gasteiger partial charge in [-0.1, -0.05) is 13.8 Å². The Hall–Kier alpha value is -0.480. The molecule has 0 aromatic heterocycles. The van der Waals surface area contributed by atoms with Crippen molar-refractivity contribution in [2.24, 2.45) is 5.92 Å². The smallest absolute Gasteiger partial charge is 0.0672 e. The summed E-state index contributed by atoms with van der Waals surface area (Å²) in [6, 6.07) is 0. The van der Waals surface area contributed by atoms with Gasteiger partial charge in [-0.15, -0.1) is 12.3 Å². The third-order valence-electron chi connectivity index (χ3n) is 1.10. The summed E-state index contributed by atoms with van der Waals surface area (Å²) >= 11 is 0. The van der Waals surface area contributed by atoms with Crippen LogP contribution in [0.3, 0.4) is 0 Å². The Balaban J connectivity index is 3.35. The molecule has 1 nitrogen and oxygen atoms in total. The summed E-state index contributed by atoms with van der Waals surface area (Å²) in [5.74, 6) is 2.68. The second kappa shape index (κ2) is 3.51. The summed E-state index contributed by atoms with van der Waals surface area (Å²) < 4.78 is 0. The van der Waals surface area contributed by atoms with E-state index in [-0.39, 0.29) is 12.0 Å². The number of terminal acetylenes is 1. The van der Waals surface area contributed by atoms with E-state index < -0.39 is 0 Å². The van der Waals surface area contributed by atoms with Gasteiger partial charge < -0.3 is 5.11 Å². The maximum Gasteiger partial charge on any atom is 0.0672 e. The topological polar surface area (TPSA) is 20.2 Å². The molecule has 0 aliphatic carbocycles. The number of rotatable bonds is 2. The molecule has 0 spiro atoms. The highest BCUT2D eigenvalue weighted by atomic mass is 16.3. The van der Waals surface area contributed by atoms with Crippen LogP contribution >= 0.6 is 0 Å². The minimum atomic E-state index is -0.319. The molecule has 1 N–H and O–H groups in total. The van der Waals surface area contributed by atoms with Crippen LogP contribution in [0, 0.1) is 18.3 Å². The lowest BCUT2D eigenvalue weighted by atomic mass is 10.1. The molecular formula is C7H12O. The van der Waals surface area contributed by atoms with Gasteiger partial charge in [0.1, 0.15) is 0 Å². The minimum Gasteiger partial charge on any atom is -0.392 e. The zero-order chi connectivity index (χ0) is 6.57. The van der Waals surface area contributed by atoms with Crippen LogP contribution in [0.25, 0.3) is 0 Å². The average molecular weight is 112 g/mol. The van der Waals surface area contributed by atoms with E-state index >= 15 is 0 Å². The first-order valence-corrected chi connectivity index (χ1v) is 2.80. The number of aliphatic hydroxyl groups is 1. The van der Waals surface area contributed by atoms with Gasteiger partial charge in [0.15, 0.2) is 0 Å². The lowest BCUT2D eigenvalue weighted by Crippen LogP contribution is -2.12. The number of aliphatic hydroxyl groups excluding tert-OH is 1. The molecule has 0 heterocycles. The van der Waals surface area contributed by atoms with E-state index in [4.69, 9.17) is 11.5 Å². The van der Waals surface area contributed by atoms with Crippen molar-refractivity contribution in [3.63, 3.8) is 0 Å². The lowest BCUT2D eigenvalue weighted by molar-refractivity contribution is 0.130. The van der Waals surface area contributed by atoms with Gasteiger partial charge in [0, 0.05) is 6.42 Å². The average Bonchev–Trinajstić information content (AvgIpc) is 1.67. The lowest BCUT2D eigenvalue weighted by Gasteiger charge is -2.09. The molecule has 8 heavy (non-hydrogen) atoms. The molecule has 0 aromatic carbocycles. The molecule has 0 fully saturated rings. The molecule has 0 radical (unpaired) electrons. The van der Waals surface area contributed by atoms with Gasteiger partial charge in [0.2, 0.25) is 0 Å². The van der Waals surface area contributed by atoms with Gasteiger partial charge in [0.25, 0.3) is 0 Å². The standard InChI is InChI=1S/C7H12O/c1-4-5-7(8)6(2)3/h1,6-8H,5H2,2-3H3. The molecule has 46 valence electrons. The van der Waals surface area contributed by atoms with Crippen molar-refractivity contribution < 1.29 is 5.11 Å². The van der Waals surface area contributed by atoms with E-state index in [0.717, 1.165) is 0 Å². The highest BCUT2D eigenvalue weighted by Gasteiger charge is 2.05. The molecule has 0 saturated heterocycles. The fourth-order valence-electron chi connectivity index (χ4n) is 0.356. The van der Waals surface area contributed by atoms with Crippen molar-refractivity contribution >= 4 is 0 Å². The van der Waals surface area contributed by atoms with Crippen molar-refractivity contribution in [3.8, 4) is 12.3 Å². The molecule has 1 unspecified atom stereocenters. The highest BCUT2D eigenvalue weighted by Crippen LogP contribution is 2.02. The molecule has 0 bridgehead atoms. The molecule has 1 heteroatoms. The van der Waals surface area contributed by atoms with Crippen molar-refractivity contribution in [1.82, 2.24) is 0 Å². The summed E-state index contributed by atoms with van der Waals surface area (Å²) in [6.07, 6.45) is 5.11. The fraction of sp³-hybridized carbons (Fsp3) is 0.714. The van der Waals surface area contributed by atoms with Crippen LogP contribution in [-0.4, -0.2) is 11.2 Å². The zero-order valence-electron chi connectivity index (χ0n) is 5.39. The van der Waals surface area contributed by atoms with Gasteiger partial charge in [-0.3, -0.25) is 0 Å². The van der Waals surface area contributed by atoms with E-state index in [0.29, 0.717) is 6.42 Å². The Labute approximate surface area is 50.7 Å². The second-order valence-electron chi connectivity index (χ2n) is 2.22. The Kier molecular flexibility index (Phi) is 3.30. The third-order valence-corrected chi connectivity index (χ3v) is 1.10. The fourth-order valence-corrected chi connectivity index (χ4v) is 0.356. The normalized spacial score (nSPS) is 13.4. The molecule has 0 saturated carbocycles.